The Morgan fingerprint density at radius 1 is 1.42 bits per heavy atom. The lowest BCUT2D eigenvalue weighted by Crippen LogP contribution is -2.56. The van der Waals surface area contributed by atoms with Crippen molar-refractivity contribution in [3.8, 4) is 0 Å². The second-order valence-electron chi connectivity index (χ2n) is 6.11. The minimum absolute atomic E-state index is 0.206. The zero-order chi connectivity index (χ0) is 17.6. The van der Waals surface area contributed by atoms with Crippen molar-refractivity contribution >= 4 is 46.5 Å². The Kier molecular flexibility index (Phi) is 7.38. The first-order chi connectivity index (χ1) is 11.5. The molecule has 0 radical (unpaired) electrons. The molecule has 0 heterocycles. The van der Waals surface area contributed by atoms with Gasteiger partial charge in [-0.25, -0.2) is 0 Å². The van der Waals surface area contributed by atoms with Gasteiger partial charge in [0.1, 0.15) is 5.54 Å². The van der Waals surface area contributed by atoms with Gasteiger partial charge in [-0.05, 0) is 56.0 Å². The van der Waals surface area contributed by atoms with Crippen LogP contribution in [0.3, 0.4) is 0 Å². The van der Waals surface area contributed by atoms with Crippen molar-refractivity contribution in [1.82, 2.24) is 10.2 Å². The maximum absolute atomic E-state index is 13.0. The van der Waals surface area contributed by atoms with E-state index in [0.717, 1.165) is 43.5 Å². The summed E-state index contributed by atoms with van der Waals surface area (Å²) < 4.78 is 0. The number of nitrogens with zero attached hydrogens (tertiary/aromatic N) is 1. The van der Waals surface area contributed by atoms with Gasteiger partial charge in [-0.15, -0.1) is 0 Å². The molecule has 1 N–H and O–H groups in total. The highest BCUT2D eigenvalue weighted by atomic mass is 35.5. The average molecular weight is 385 g/mol. The Bertz CT molecular complexity index is 596. The SMILES string of the molecule is CSCCCNC(=S)N(C)C1(c2ccccc2Cl)CCCCC1=O. The number of thiocarbonyl (C=S) groups is 1. The van der Waals surface area contributed by atoms with E-state index in [0.29, 0.717) is 16.6 Å². The van der Waals surface area contributed by atoms with Crippen LogP contribution < -0.4 is 5.32 Å². The second kappa shape index (κ2) is 9.07. The fourth-order valence-corrected chi connectivity index (χ4v) is 4.32. The fraction of sp³-hybridized carbons (Fsp3) is 0.556. The van der Waals surface area contributed by atoms with Gasteiger partial charge in [0.15, 0.2) is 10.9 Å². The van der Waals surface area contributed by atoms with Gasteiger partial charge in [0.2, 0.25) is 0 Å². The number of rotatable bonds is 6. The van der Waals surface area contributed by atoms with Gasteiger partial charge in [-0.2, -0.15) is 11.8 Å². The molecule has 6 heteroatoms. The van der Waals surface area contributed by atoms with E-state index in [2.05, 4.69) is 11.6 Å². The van der Waals surface area contributed by atoms with Gasteiger partial charge in [0.25, 0.3) is 0 Å². The van der Waals surface area contributed by atoms with E-state index in [1.54, 1.807) is 0 Å². The first-order valence-electron chi connectivity index (χ1n) is 8.33. The van der Waals surface area contributed by atoms with Gasteiger partial charge in [-0.3, -0.25) is 4.79 Å². The lowest BCUT2D eigenvalue weighted by molar-refractivity contribution is -0.131. The molecule has 0 spiro atoms. The molecule has 1 aromatic rings. The van der Waals surface area contributed by atoms with E-state index < -0.39 is 5.54 Å². The van der Waals surface area contributed by atoms with E-state index in [1.807, 2.05) is 48.0 Å². The quantitative estimate of drug-likeness (QED) is 0.585. The molecule has 1 unspecified atom stereocenters. The number of likely N-dealkylation sites (N-methyl/N-ethyl adjacent to an activating group) is 1. The highest BCUT2D eigenvalue weighted by Crippen LogP contribution is 2.42. The molecule has 0 aliphatic heterocycles. The Hall–Kier alpha value is -0.780. The van der Waals surface area contributed by atoms with E-state index >= 15 is 0 Å². The molecule has 3 nitrogen and oxygen atoms in total. The highest BCUT2D eigenvalue weighted by molar-refractivity contribution is 7.98. The van der Waals surface area contributed by atoms with Gasteiger partial charge < -0.3 is 10.2 Å². The van der Waals surface area contributed by atoms with E-state index in [1.165, 1.54) is 0 Å². The number of Topliss-reactive ketones (excluding diaryl/α,β-unsaturated/α-hetero) is 1. The van der Waals surface area contributed by atoms with Crippen LogP contribution in [0.5, 0.6) is 0 Å². The highest BCUT2D eigenvalue weighted by Gasteiger charge is 2.46. The number of carbonyl (C=O) groups is 1. The number of thioether (sulfide) groups is 1. The molecule has 1 aliphatic rings. The summed E-state index contributed by atoms with van der Waals surface area (Å²) in [5, 5.41) is 4.54. The third kappa shape index (κ3) is 4.06. The summed E-state index contributed by atoms with van der Waals surface area (Å²) in [7, 11) is 1.91. The molecule has 0 bridgehead atoms. The summed E-state index contributed by atoms with van der Waals surface area (Å²) in [5.41, 5.74) is 0.118. The zero-order valence-electron chi connectivity index (χ0n) is 14.3. The third-order valence-electron chi connectivity index (χ3n) is 4.65. The Labute approximate surface area is 159 Å². The average Bonchev–Trinajstić information content (AvgIpc) is 2.59. The molecule has 0 aromatic heterocycles. The third-order valence-corrected chi connectivity index (χ3v) is 6.10. The van der Waals surface area contributed by atoms with Crippen LogP contribution >= 0.6 is 35.6 Å². The first kappa shape index (κ1) is 19.5. The molecule has 132 valence electrons. The number of hydrogen-bond donors (Lipinski definition) is 1. The van der Waals surface area contributed by atoms with Crippen molar-refractivity contribution < 1.29 is 4.79 Å². The molecule has 2 rings (SSSR count). The minimum Gasteiger partial charge on any atom is -0.363 e. The molecule has 1 atom stereocenters. The topological polar surface area (TPSA) is 32.3 Å². The van der Waals surface area contributed by atoms with Crippen LogP contribution in [0, 0.1) is 0 Å². The Morgan fingerprint density at radius 2 is 2.17 bits per heavy atom. The largest absolute Gasteiger partial charge is 0.363 e. The molecule has 24 heavy (non-hydrogen) atoms. The summed E-state index contributed by atoms with van der Waals surface area (Å²) in [6.07, 6.45) is 6.40. The van der Waals surface area contributed by atoms with Crippen molar-refractivity contribution in [3.63, 3.8) is 0 Å². The summed E-state index contributed by atoms with van der Waals surface area (Å²) in [6, 6.07) is 7.64. The van der Waals surface area contributed by atoms with E-state index in [4.69, 9.17) is 23.8 Å². The van der Waals surface area contributed by atoms with Gasteiger partial charge in [-0.1, -0.05) is 29.8 Å². The van der Waals surface area contributed by atoms with Crippen LogP contribution in [0.2, 0.25) is 5.02 Å². The lowest BCUT2D eigenvalue weighted by atomic mass is 9.74. The normalized spacial score (nSPS) is 20.7. The number of nitrogens with one attached hydrogen (secondary N) is 1. The van der Waals surface area contributed by atoms with Crippen LogP contribution in [0.15, 0.2) is 24.3 Å². The van der Waals surface area contributed by atoms with E-state index in [-0.39, 0.29) is 5.78 Å². The van der Waals surface area contributed by atoms with Gasteiger partial charge in [0, 0.05) is 30.6 Å². The predicted octanol–water partition coefficient (Wildman–Crippen LogP) is 4.24. The standard InChI is InChI=1S/C18H25ClN2OS2/c1-21(17(23)20-12-7-13-24-2)18(11-6-5-10-16(18)22)14-8-3-4-9-15(14)19/h3-4,8-9H,5-7,10-13H2,1-2H3,(H,20,23). The van der Waals surface area contributed by atoms with Gasteiger partial charge in [0.05, 0.1) is 0 Å². The second-order valence-corrected chi connectivity index (χ2v) is 7.89. The Morgan fingerprint density at radius 3 is 2.83 bits per heavy atom. The minimum atomic E-state index is -0.750. The molecule has 1 aromatic carbocycles. The van der Waals surface area contributed by atoms with Crippen molar-refractivity contribution in [3.05, 3.63) is 34.9 Å². The van der Waals surface area contributed by atoms with Crippen LogP contribution in [0.4, 0.5) is 0 Å². The van der Waals surface area contributed by atoms with Crippen LogP contribution in [-0.4, -0.2) is 41.4 Å². The first-order valence-corrected chi connectivity index (χ1v) is 10.5. The number of hydrogen-bond acceptors (Lipinski definition) is 3. The summed E-state index contributed by atoms with van der Waals surface area (Å²) in [4.78, 5) is 14.9. The number of ketones is 1. The van der Waals surface area contributed by atoms with Crippen molar-refractivity contribution in [2.75, 3.05) is 25.6 Å². The fourth-order valence-electron chi connectivity index (χ4n) is 3.33. The maximum Gasteiger partial charge on any atom is 0.169 e. The summed E-state index contributed by atoms with van der Waals surface area (Å²) in [5.74, 6) is 1.30. The number of benzene rings is 1. The molecular formula is C18H25ClN2OS2. The zero-order valence-corrected chi connectivity index (χ0v) is 16.7. The van der Waals surface area contributed by atoms with Crippen molar-refractivity contribution in [2.45, 2.75) is 37.6 Å². The van der Waals surface area contributed by atoms with Crippen LogP contribution in [-0.2, 0) is 10.3 Å². The predicted molar refractivity (Wildman–Crippen MR) is 108 cm³/mol. The number of halogens is 1. The lowest BCUT2D eigenvalue weighted by Gasteiger charge is -2.45. The van der Waals surface area contributed by atoms with Gasteiger partial charge >= 0.3 is 0 Å². The number of carbonyl (C=O) groups excluding carboxylic acids is 1. The van der Waals surface area contributed by atoms with Crippen LogP contribution in [0.1, 0.15) is 37.7 Å². The monoisotopic (exact) mass is 384 g/mol. The summed E-state index contributed by atoms with van der Waals surface area (Å²) in [6.45, 7) is 0.816. The maximum atomic E-state index is 13.0. The van der Waals surface area contributed by atoms with Crippen LogP contribution in [0.25, 0.3) is 0 Å². The molecule has 1 fully saturated rings. The van der Waals surface area contributed by atoms with Crippen molar-refractivity contribution in [1.29, 1.82) is 0 Å². The van der Waals surface area contributed by atoms with E-state index in [9.17, 15) is 4.79 Å². The Balaban J connectivity index is 2.28. The smallest absolute Gasteiger partial charge is 0.169 e. The summed E-state index contributed by atoms with van der Waals surface area (Å²) >= 11 is 13.9. The molecule has 1 aliphatic carbocycles. The molecular weight excluding hydrogens is 360 g/mol. The molecule has 1 saturated carbocycles. The molecule has 0 amide bonds. The molecule has 0 saturated heterocycles. The van der Waals surface area contributed by atoms with Crippen molar-refractivity contribution in [2.24, 2.45) is 0 Å².